The van der Waals surface area contributed by atoms with Crippen LogP contribution in [-0.4, -0.2) is 36.6 Å². The van der Waals surface area contributed by atoms with E-state index >= 15 is 0 Å². The van der Waals surface area contributed by atoms with Crippen molar-refractivity contribution >= 4 is 10.9 Å². The number of benzene rings is 1. The van der Waals surface area contributed by atoms with Gasteiger partial charge in [-0.3, -0.25) is 0 Å². The van der Waals surface area contributed by atoms with Crippen molar-refractivity contribution < 1.29 is 0 Å². The Hall–Kier alpha value is -1.32. The number of fused-ring (bicyclic) bond motifs is 1. The van der Waals surface area contributed by atoms with Crippen LogP contribution in [0.2, 0.25) is 0 Å². The number of H-pyrrole nitrogens is 1. The zero-order chi connectivity index (χ0) is 12.5. The number of likely N-dealkylation sites (N-methyl/N-ethyl adjacent to an activating group) is 1. The molecule has 1 fully saturated rings. The van der Waals surface area contributed by atoms with E-state index in [0.29, 0.717) is 6.04 Å². The highest BCUT2D eigenvalue weighted by atomic mass is 15.2. The average Bonchev–Trinajstić information content (AvgIpc) is 2.81. The normalized spacial score (nSPS) is 21.6. The van der Waals surface area contributed by atoms with Crippen LogP contribution in [0.4, 0.5) is 0 Å². The SMILES string of the molecule is CCc1ccc2[nH]cc(C3CN(C)CCN3)c2c1. The quantitative estimate of drug-likeness (QED) is 0.848. The summed E-state index contributed by atoms with van der Waals surface area (Å²) < 4.78 is 0. The molecule has 1 aromatic carbocycles. The van der Waals surface area contributed by atoms with Crippen LogP contribution in [0.5, 0.6) is 0 Å². The van der Waals surface area contributed by atoms with Gasteiger partial charge in [0, 0.05) is 42.8 Å². The number of piperazine rings is 1. The van der Waals surface area contributed by atoms with Crippen molar-refractivity contribution in [3.05, 3.63) is 35.5 Å². The van der Waals surface area contributed by atoms with E-state index in [2.05, 4.69) is 53.6 Å². The zero-order valence-corrected chi connectivity index (χ0v) is 11.2. The topological polar surface area (TPSA) is 31.1 Å². The van der Waals surface area contributed by atoms with Gasteiger partial charge in [0.25, 0.3) is 0 Å². The molecule has 0 spiro atoms. The smallest absolute Gasteiger partial charge is 0.0470 e. The highest BCUT2D eigenvalue weighted by Crippen LogP contribution is 2.26. The number of aryl methyl sites for hydroxylation is 1. The summed E-state index contributed by atoms with van der Waals surface area (Å²) >= 11 is 0. The summed E-state index contributed by atoms with van der Waals surface area (Å²) in [4.78, 5) is 5.79. The van der Waals surface area contributed by atoms with E-state index in [4.69, 9.17) is 0 Å². The molecule has 1 aromatic heterocycles. The molecule has 1 aliphatic heterocycles. The zero-order valence-electron chi connectivity index (χ0n) is 11.2. The van der Waals surface area contributed by atoms with Gasteiger partial charge in [-0.2, -0.15) is 0 Å². The van der Waals surface area contributed by atoms with Crippen LogP contribution in [0.25, 0.3) is 10.9 Å². The number of rotatable bonds is 2. The first kappa shape index (κ1) is 11.8. The van der Waals surface area contributed by atoms with Crippen molar-refractivity contribution in [2.75, 3.05) is 26.7 Å². The molecule has 1 saturated heterocycles. The summed E-state index contributed by atoms with van der Waals surface area (Å²) in [5.74, 6) is 0. The molecule has 0 bridgehead atoms. The van der Waals surface area contributed by atoms with Crippen molar-refractivity contribution in [1.82, 2.24) is 15.2 Å². The monoisotopic (exact) mass is 243 g/mol. The molecule has 1 atom stereocenters. The summed E-state index contributed by atoms with van der Waals surface area (Å²) in [6.07, 6.45) is 3.26. The third kappa shape index (κ3) is 2.04. The minimum absolute atomic E-state index is 0.449. The Morgan fingerprint density at radius 2 is 2.28 bits per heavy atom. The molecule has 0 saturated carbocycles. The summed E-state index contributed by atoms with van der Waals surface area (Å²) in [6, 6.07) is 7.19. The van der Waals surface area contributed by atoms with Gasteiger partial charge < -0.3 is 15.2 Å². The minimum atomic E-state index is 0.449. The Labute approximate surface area is 108 Å². The first-order valence-corrected chi connectivity index (χ1v) is 6.79. The molecule has 2 aromatic rings. The van der Waals surface area contributed by atoms with E-state index in [9.17, 15) is 0 Å². The van der Waals surface area contributed by atoms with Gasteiger partial charge in [0.1, 0.15) is 0 Å². The predicted molar refractivity (Wildman–Crippen MR) is 75.9 cm³/mol. The fraction of sp³-hybridized carbons (Fsp3) is 0.467. The second-order valence-corrected chi connectivity index (χ2v) is 5.25. The third-order valence-electron chi connectivity index (χ3n) is 3.94. The molecule has 1 unspecified atom stereocenters. The number of aromatic amines is 1. The molecular weight excluding hydrogens is 222 g/mol. The van der Waals surface area contributed by atoms with Crippen LogP contribution >= 0.6 is 0 Å². The Morgan fingerprint density at radius 3 is 3.06 bits per heavy atom. The van der Waals surface area contributed by atoms with E-state index in [0.717, 1.165) is 26.1 Å². The summed E-state index contributed by atoms with van der Waals surface area (Å²) in [5.41, 5.74) is 4.07. The fourth-order valence-corrected chi connectivity index (χ4v) is 2.80. The van der Waals surface area contributed by atoms with Crippen LogP contribution in [0, 0.1) is 0 Å². The predicted octanol–water partition coefficient (Wildman–Crippen LogP) is 2.31. The Kier molecular flexibility index (Phi) is 3.10. The first-order chi connectivity index (χ1) is 8.78. The largest absolute Gasteiger partial charge is 0.361 e. The van der Waals surface area contributed by atoms with Gasteiger partial charge in [0.15, 0.2) is 0 Å². The van der Waals surface area contributed by atoms with Crippen molar-refractivity contribution in [3.8, 4) is 0 Å². The van der Waals surface area contributed by atoms with E-state index in [1.54, 1.807) is 0 Å². The summed E-state index contributed by atoms with van der Waals surface area (Å²) in [5, 5.41) is 5.00. The molecule has 18 heavy (non-hydrogen) atoms. The number of hydrogen-bond donors (Lipinski definition) is 2. The average molecular weight is 243 g/mol. The standard InChI is InChI=1S/C15H21N3/c1-3-11-4-5-14-12(8-11)13(9-17-14)15-10-18(2)7-6-16-15/h4-5,8-9,15-17H,3,6-7,10H2,1-2H3. The van der Waals surface area contributed by atoms with Gasteiger partial charge in [-0.05, 0) is 36.7 Å². The molecule has 0 radical (unpaired) electrons. The molecule has 2 N–H and O–H groups in total. The Bertz CT molecular complexity index is 544. The van der Waals surface area contributed by atoms with Crippen molar-refractivity contribution in [2.24, 2.45) is 0 Å². The van der Waals surface area contributed by atoms with Crippen LogP contribution in [0.15, 0.2) is 24.4 Å². The molecule has 2 heterocycles. The molecule has 0 aliphatic carbocycles. The molecule has 0 amide bonds. The lowest BCUT2D eigenvalue weighted by Gasteiger charge is -2.30. The van der Waals surface area contributed by atoms with E-state index < -0.39 is 0 Å². The van der Waals surface area contributed by atoms with E-state index in [1.165, 1.54) is 22.0 Å². The van der Waals surface area contributed by atoms with Gasteiger partial charge in [0.2, 0.25) is 0 Å². The van der Waals surface area contributed by atoms with Gasteiger partial charge in [-0.1, -0.05) is 13.0 Å². The molecule has 3 nitrogen and oxygen atoms in total. The van der Waals surface area contributed by atoms with Crippen LogP contribution in [0.3, 0.4) is 0 Å². The molecule has 1 aliphatic rings. The number of nitrogens with one attached hydrogen (secondary N) is 2. The Balaban J connectivity index is 2.00. The lowest BCUT2D eigenvalue weighted by Crippen LogP contribution is -2.43. The summed E-state index contributed by atoms with van der Waals surface area (Å²) in [6.45, 7) is 5.50. The maximum Gasteiger partial charge on any atom is 0.0470 e. The minimum Gasteiger partial charge on any atom is -0.361 e. The Morgan fingerprint density at radius 1 is 1.39 bits per heavy atom. The molecular formula is C15H21N3. The van der Waals surface area contributed by atoms with Crippen LogP contribution < -0.4 is 5.32 Å². The number of hydrogen-bond acceptors (Lipinski definition) is 2. The maximum atomic E-state index is 3.62. The second-order valence-electron chi connectivity index (χ2n) is 5.25. The second kappa shape index (κ2) is 4.75. The number of aromatic nitrogens is 1. The number of nitrogens with zero attached hydrogens (tertiary/aromatic N) is 1. The van der Waals surface area contributed by atoms with Crippen LogP contribution in [0.1, 0.15) is 24.1 Å². The first-order valence-electron chi connectivity index (χ1n) is 6.79. The van der Waals surface area contributed by atoms with Crippen molar-refractivity contribution in [1.29, 1.82) is 0 Å². The van der Waals surface area contributed by atoms with Gasteiger partial charge in [-0.15, -0.1) is 0 Å². The third-order valence-corrected chi connectivity index (χ3v) is 3.94. The highest BCUT2D eigenvalue weighted by molar-refractivity contribution is 5.84. The molecule has 3 rings (SSSR count). The van der Waals surface area contributed by atoms with Crippen molar-refractivity contribution in [2.45, 2.75) is 19.4 Å². The van der Waals surface area contributed by atoms with Crippen molar-refractivity contribution in [3.63, 3.8) is 0 Å². The van der Waals surface area contributed by atoms with Gasteiger partial charge >= 0.3 is 0 Å². The highest BCUT2D eigenvalue weighted by Gasteiger charge is 2.20. The van der Waals surface area contributed by atoms with Gasteiger partial charge in [0.05, 0.1) is 0 Å². The fourth-order valence-electron chi connectivity index (χ4n) is 2.80. The van der Waals surface area contributed by atoms with Crippen LogP contribution in [-0.2, 0) is 6.42 Å². The van der Waals surface area contributed by atoms with E-state index in [-0.39, 0.29) is 0 Å². The maximum absolute atomic E-state index is 3.62. The molecule has 3 heteroatoms. The lowest BCUT2D eigenvalue weighted by molar-refractivity contribution is 0.241. The van der Waals surface area contributed by atoms with E-state index in [1.807, 2.05) is 0 Å². The summed E-state index contributed by atoms with van der Waals surface area (Å²) in [7, 11) is 2.19. The molecule has 96 valence electrons. The van der Waals surface area contributed by atoms with Gasteiger partial charge in [-0.25, -0.2) is 0 Å². The lowest BCUT2D eigenvalue weighted by atomic mass is 10.0.